The van der Waals surface area contributed by atoms with Crippen LogP contribution in [0.25, 0.3) is 0 Å². The second kappa shape index (κ2) is 4.67. The quantitative estimate of drug-likeness (QED) is 0.823. The molecule has 1 aromatic rings. The van der Waals surface area contributed by atoms with Crippen molar-refractivity contribution in [3.8, 4) is 5.75 Å². The number of hydrogen-bond donors (Lipinski definition) is 1. The molecule has 0 saturated heterocycles. The Morgan fingerprint density at radius 1 is 1.33 bits per heavy atom. The Morgan fingerprint density at radius 3 is 2.73 bits per heavy atom. The van der Waals surface area contributed by atoms with E-state index in [1.54, 1.807) is 0 Å². The summed E-state index contributed by atoms with van der Waals surface area (Å²) in [4.78, 5) is 0. The van der Waals surface area contributed by atoms with Crippen LogP contribution in [0, 0.1) is 0 Å². The fraction of sp³-hybridized carbons (Fsp3) is 0.538. The van der Waals surface area contributed by atoms with Crippen molar-refractivity contribution in [3.63, 3.8) is 0 Å². The Kier molecular flexibility index (Phi) is 3.27. The molecular formula is C13H19NO. The number of hydrogen-bond acceptors (Lipinski definition) is 2. The van der Waals surface area contributed by atoms with E-state index in [4.69, 9.17) is 10.5 Å². The van der Waals surface area contributed by atoms with Gasteiger partial charge >= 0.3 is 0 Å². The lowest BCUT2D eigenvalue weighted by Crippen LogP contribution is -2.11. The summed E-state index contributed by atoms with van der Waals surface area (Å²) < 4.78 is 5.91. The van der Waals surface area contributed by atoms with Gasteiger partial charge in [0.15, 0.2) is 0 Å². The van der Waals surface area contributed by atoms with Gasteiger partial charge in [0.2, 0.25) is 0 Å². The Morgan fingerprint density at radius 2 is 2.07 bits per heavy atom. The molecule has 0 amide bonds. The zero-order valence-corrected chi connectivity index (χ0v) is 9.28. The summed E-state index contributed by atoms with van der Waals surface area (Å²) in [5.74, 6) is 0.969. The van der Waals surface area contributed by atoms with E-state index < -0.39 is 0 Å². The van der Waals surface area contributed by atoms with Crippen molar-refractivity contribution in [1.29, 1.82) is 0 Å². The zero-order valence-electron chi connectivity index (χ0n) is 9.28. The maximum Gasteiger partial charge on any atom is 0.120 e. The lowest BCUT2D eigenvalue weighted by molar-refractivity contribution is 0.210. The molecule has 0 aliphatic heterocycles. The number of benzene rings is 1. The molecule has 2 nitrogen and oxygen atoms in total. The second-order valence-corrected chi connectivity index (χ2v) is 4.39. The topological polar surface area (TPSA) is 35.2 Å². The van der Waals surface area contributed by atoms with Gasteiger partial charge in [-0.05, 0) is 50.3 Å². The third-order valence-electron chi connectivity index (χ3n) is 2.99. The van der Waals surface area contributed by atoms with Gasteiger partial charge in [0.1, 0.15) is 5.75 Å². The molecule has 15 heavy (non-hydrogen) atoms. The molecule has 1 atom stereocenters. The minimum absolute atomic E-state index is 0.0807. The van der Waals surface area contributed by atoms with Crippen molar-refractivity contribution in [1.82, 2.24) is 0 Å². The zero-order chi connectivity index (χ0) is 10.7. The van der Waals surface area contributed by atoms with Crippen molar-refractivity contribution in [2.45, 2.75) is 44.8 Å². The van der Waals surface area contributed by atoms with Gasteiger partial charge in [-0.1, -0.05) is 12.1 Å². The summed E-state index contributed by atoms with van der Waals surface area (Å²) >= 11 is 0. The van der Waals surface area contributed by atoms with Crippen LogP contribution in [0.2, 0.25) is 0 Å². The van der Waals surface area contributed by atoms with E-state index in [2.05, 4.69) is 6.07 Å². The van der Waals surface area contributed by atoms with E-state index in [1.165, 1.54) is 25.7 Å². The number of ether oxygens (including phenoxy) is 1. The highest BCUT2D eigenvalue weighted by molar-refractivity contribution is 5.30. The molecule has 0 aromatic heterocycles. The molecule has 1 fully saturated rings. The van der Waals surface area contributed by atoms with E-state index in [0.29, 0.717) is 6.10 Å². The van der Waals surface area contributed by atoms with Gasteiger partial charge in [0.25, 0.3) is 0 Å². The van der Waals surface area contributed by atoms with Crippen LogP contribution in [0.4, 0.5) is 0 Å². The average molecular weight is 205 g/mol. The van der Waals surface area contributed by atoms with Crippen LogP contribution < -0.4 is 10.5 Å². The van der Waals surface area contributed by atoms with Crippen molar-refractivity contribution in [3.05, 3.63) is 29.8 Å². The van der Waals surface area contributed by atoms with Crippen LogP contribution in [0.1, 0.15) is 44.2 Å². The number of nitrogens with two attached hydrogens (primary N) is 1. The summed E-state index contributed by atoms with van der Waals surface area (Å²) in [6.45, 7) is 1.99. The van der Waals surface area contributed by atoms with Crippen LogP contribution in [-0.2, 0) is 0 Å². The second-order valence-electron chi connectivity index (χ2n) is 4.39. The Hall–Kier alpha value is -1.02. The Balaban J connectivity index is 2.04. The van der Waals surface area contributed by atoms with Crippen LogP contribution in [-0.4, -0.2) is 6.10 Å². The molecule has 1 aliphatic rings. The van der Waals surface area contributed by atoms with Gasteiger partial charge in [-0.15, -0.1) is 0 Å². The van der Waals surface area contributed by atoms with Crippen molar-refractivity contribution in [2.24, 2.45) is 5.73 Å². The molecule has 2 rings (SSSR count). The monoisotopic (exact) mass is 205 g/mol. The maximum atomic E-state index is 5.91. The predicted molar refractivity (Wildman–Crippen MR) is 61.9 cm³/mol. The van der Waals surface area contributed by atoms with Gasteiger partial charge in [-0.25, -0.2) is 0 Å². The summed E-state index contributed by atoms with van der Waals surface area (Å²) in [6.07, 6.45) is 5.42. The van der Waals surface area contributed by atoms with E-state index in [1.807, 2.05) is 25.1 Å². The van der Waals surface area contributed by atoms with Gasteiger partial charge in [0.05, 0.1) is 6.10 Å². The van der Waals surface area contributed by atoms with Gasteiger partial charge in [0, 0.05) is 6.04 Å². The van der Waals surface area contributed by atoms with E-state index in [0.717, 1.165) is 11.3 Å². The van der Waals surface area contributed by atoms with Gasteiger partial charge in [-0.2, -0.15) is 0 Å². The molecule has 1 saturated carbocycles. The fourth-order valence-electron chi connectivity index (χ4n) is 2.07. The highest BCUT2D eigenvalue weighted by Crippen LogP contribution is 2.25. The predicted octanol–water partition coefficient (Wildman–Crippen LogP) is 3.03. The van der Waals surface area contributed by atoms with E-state index in [9.17, 15) is 0 Å². The highest BCUT2D eigenvalue weighted by atomic mass is 16.5. The smallest absolute Gasteiger partial charge is 0.120 e. The van der Waals surface area contributed by atoms with Crippen LogP contribution in [0.15, 0.2) is 24.3 Å². The Labute approximate surface area is 91.4 Å². The van der Waals surface area contributed by atoms with Crippen molar-refractivity contribution < 1.29 is 4.74 Å². The third kappa shape index (κ3) is 2.72. The lowest BCUT2D eigenvalue weighted by Gasteiger charge is -2.14. The molecule has 0 radical (unpaired) electrons. The first-order valence-corrected chi connectivity index (χ1v) is 5.78. The van der Waals surface area contributed by atoms with E-state index >= 15 is 0 Å². The molecule has 0 bridgehead atoms. The fourth-order valence-corrected chi connectivity index (χ4v) is 2.07. The molecule has 82 valence electrons. The molecule has 0 heterocycles. The van der Waals surface area contributed by atoms with Crippen LogP contribution in [0.3, 0.4) is 0 Å². The lowest BCUT2D eigenvalue weighted by atomic mass is 10.1. The van der Waals surface area contributed by atoms with Crippen molar-refractivity contribution >= 4 is 0 Å². The molecular weight excluding hydrogens is 186 g/mol. The van der Waals surface area contributed by atoms with Gasteiger partial charge in [-0.3, -0.25) is 0 Å². The Bertz CT molecular complexity index is 316. The minimum atomic E-state index is 0.0807. The van der Waals surface area contributed by atoms with E-state index in [-0.39, 0.29) is 6.04 Å². The molecule has 0 spiro atoms. The first-order chi connectivity index (χ1) is 7.25. The summed E-state index contributed by atoms with van der Waals surface area (Å²) in [5.41, 5.74) is 6.98. The molecule has 2 N–H and O–H groups in total. The largest absolute Gasteiger partial charge is 0.490 e. The summed E-state index contributed by atoms with van der Waals surface area (Å²) in [6, 6.07) is 8.22. The van der Waals surface area contributed by atoms with Gasteiger partial charge < -0.3 is 10.5 Å². The standard InChI is InChI=1S/C13H19NO/c1-10(14)11-5-4-8-13(9-11)15-12-6-2-3-7-12/h4-5,8-10,12H,2-3,6-7,14H2,1H3. The minimum Gasteiger partial charge on any atom is -0.490 e. The summed E-state index contributed by atoms with van der Waals surface area (Å²) in [5, 5.41) is 0. The third-order valence-corrected chi connectivity index (χ3v) is 2.99. The SMILES string of the molecule is CC(N)c1cccc(OC2CCCC2)c1. The average Bonchev–Trinajstić information content (AvgIpc) is 2.71. The molecule has 1 aromatic carbocycles. The first kappa shape index (κ1) is 10.5. The highest BCUT2D eigenvalue weighted by Gasteiger charge is 2.16. The van der Waals surface area contributed by atoms with Crippen LogP contribution in [0.5, 0.6) is 5.75 Å². The molecule has 1 aliphatic carbocycles. The summed E-state index contributed by atoms with van der Waals surface area (Å²) in [7, 11) is 0. The number of rotatable bonds is 3. The first-order valence-electron chi connectivity index (χ1n) is 5.78. The molecule has 2 heteroatoms. The van der Waals surface area contributed by atoms with Crippen molar-refractivity contribution in [2.75, 3.05) is 0 Å². The maximum absolute atomic E-state index is 5.91. The molecule has 1 unspecified atom stereocenters. The normalized spacial score (nSPS) is 19.1. The van der Waals surface area contributed by atoms with Crippen LogP contribution >= 0.6 is 0 Å².